The van der Waals surface area contributed by atoms with E-state index in [1.54, 1.807) is 23.5 Å². The number of halogens is 1. The SMILES string of the molecule is Cc1cc(N[C@@H](CC(C)C)C(=O)NCc2cccs2)nc(NCCc2ccc(F)cc2)n1. The Morgan fingerprint density at radius 1 is 1.16 bits per heavy atom. The van der Waals surface area contributed by atoms with Crippen LogP contribution in [0.4, 0.5) is 16.2 Å². The second-order valence-corrected chi connectivity index (χ2v) is 9.18. The van der Waals surface area contributed by atoms with Crippen molar-refractivity contribution in [1.82, 2.24) is 15.3 Å². The summed E-state index contributed by atoms with van der Waals surface area (Å²) in [6.07, 6.45) is 1.41. The largest absolute Gasteiger partial charge is 0.358 e. The number of thiophene rings is 1. The van der Waals surface area contributed by atoms with Gasteiger partial charge >= 0.3 is 0 Å². The lowest BCUT2D eigenvalue weighted by Gasteiger charge is -2.21. The van der Waals surface area contributed by atoms with Gasteiger partial charge in [-0.2, -0.15) is 4.98 Å². The molecule has 1 atom stereocenters. The Balaban J connectivity index is 1.61. The molecule has 3 rings (SSSR count). The van der Waals surface area contributed by atoms with E-state index in [1.807, 2.05) is 30.5 Å². The standard InChI is InChI=1S/C24H30FN5OS/c1-16(2)13-21(23(31)27-15-20-5-4-12-32-20)29-22-14-17(3)28-24(30-22)26-11-10-18-6-8-19(25)9-7-18/h4-9,12,14,16,21H,10-11,13,15H2,1-3H3,(H,27,31)(H2,26,28,29,30)/t21-/m0/s1. The van der Waals surface area contributed by atoms with Crippen molar-refractivity contribution in [2.45, 2.75) is 46.2 Å². The predicted octanol–water partition coefficient (Wildman–Crippen LogP) is 4.78. The first kappa shape index (κ1) is 23.7. The number of aromatic nitrogens is 2. The van der Waals surface area contributed by atoms with Gasteiger partial charge in [-0.05, 0) is 54.8 Å². The first-order valence-electron chi connectivity index (χ1n) is 10.8. The summed E-state index contributed by atoms with van der Waals surface area (Å²) in [4.78, 5) is 23.0. The van der Waals surface area contributed by atoms with Crippen molar-refractivity contribution >= 4 is 29.0 Å². The molecule has 0 spiro atoms. The second kappa shape index (κ2) is 11.6. The molecule has 170 valence electrons. The van der Waals surface area contributed by atoms with E-state index >= 15 is 0 Å². The molecule has 2 aromatic heterocycles. The van der Waals surface area contributed by atoms with Gasteiger partial charge in [0, 0.05) is 23.2 Å². The van der Waals surface area contributed by atoms with Crippen molar-refractivity contribution < 1.29 is 9.18 Å². The Kier molecular flexibility index (Phi) is 8.56. The molecule has 3 aromatic rings. The highest BCUT2D eigenvalue weighted by Gasteiger charge is 2.20. The lowest BCUT2D eigenvalue weighted by Crippen LogP contribution is -2.40. The number of anilines is 2. The fourth-order valence-electron chi connectivity index (χ4n) is 3.28. The molecule has 32 heavy (non-hydrogen) atoms. The van der Waals surface area contributed by atoms with Crippen LogP contribution in [0.25, 0.3) is 0 Å². The Bertz CT molecular complexity index is 992. The summed E-state index contributed by atoms with van der Waals surface area (Å²) in [6, 6.07) is 11.9. The number of nitrogens with zero attached hydrogens (tertiary/aromatic N) is 2. The molecule has 3 N–H and O–H groups in total. The third kappa shape index (κ3) is 7.60. The van der Waals surface area contributed by atoms with Gasteiger partial charge in [0.05, 0.1) is 6.54 Å². The zero-order valence-electron chi connectivity index (χ0n) is 18.7. The lowest BCUT2D eigenvalue weighted by molar-refractivity contribution is -0.122. The lowest BCUT2D eigenvalue weighted by atomic mass is 10.0. The summed E-state index contributed by atoms with van der Waals surface area (Å²) in [7, 11) is 0. The minimum absolute atomic E-state index is 0.0471. The molecule has 6 nitrogen and oxygen atoms in total. The molecule has 0 radical (unpaired) electrons. The van der Waals surface area contributed by atoms with Gasteiger partial charge in [-0.15, -0.1) is 11.3 Å². The Morgan fingerprint density at radius 2 is 1.94 bits per heavy atom. The number of amides is 1. The molecular formula is C24H30FN5OS. The van der Waals surface area contributed by atoms with Crippen LogP contribution in [0.5, 0.6) is 0 Å². The van der Waals surface area contributed by atoms with Crippen molar-refractivity contribution in [2.24, 2.45) is 5.92 Å². The minimum atomic E-state index is -0.392. The maximum atomic E-state index is 13.1. The van der Waals surface area contributed by atoms with Crippen LogP contribution in [0, 0.1) is 18.7 Å². The van der Waals surface area contributed by atoms with Crippen molar-refractivity contribution in [1.29, 1.82) is 0 Å². The number of rotatable bonds is 11. The molecule has 1 aromatic carbocycles. The van der Waals surface area contributed by atoms with Crippen LogP contribution >= 0.6 is 11.3 Å². The summed E-state index contributed by atoms with van der Waals surface area (Å²) < 4.78 is 13.1. The number of hydrogen-bond acceptors (Lipinski definition) is 6. The molecule has 0 bridgehead atoms. The summed E-state index contributed by atoms with van der Waals surface area (Å²) in [6.45, 7) is 7.22. The molecule has 0 aliphatic rings. The molecule has 0 unspecified atom stereocenters. The van der Waals surface area contributed by atoms with Crippen molar-refractivity contribution in [3.63, 3.8) is 0 Å². The molecule has 0 saturated heterocycles. The number of nitrogens with one attached hydrogen (secondary N) is 3. The van der Waals surface area contributed by atoms with E-state index in [1.165, 1.54) is 12.1 Å². The molecule has 0 fully saturated rings. The molecule has 0 saturated carbocycles. The fourth-order valence-corrected chi connectivity index (χ4v) is 3.93. The minimum Gasteiger partial charge on any atom is -0.358 e. The van der Waals surface area contributed by atoms with Crippen LogP contribution in [0.2, 0.25) is 0 Å². The van der Waals surface area contributed by atoms with Crippen LogP contribution in [-0.2, 0) is 17.8 Å². The van der Waals surface area contributed by atoms with Crippen LogP contribution in [0.3, 0.4) is 0 Å². The normalized spacial score (nSPS) is 11.9. The Morgan fingerprint density at radius 3 is 2.62 bits per heavy atom. The number of carbonyl (C=O) groups is 1. The van der Waals surface area contributed by atoms with Crippen molar-refractivity contribution in [2.75, 3.05) is 17.2 Å². The zero-order chi connectivity index (χ0) is 22.9. The summed E-state index contributed by atoms with van der Waals surface area (Å²) >= 11 is 1.62. The maximum Gasteiger partial charge on any atom is 0.242 e. The van der Waals surface area contributed by atoms with Gasteiger partial charge in [0.25, 0.3) is 0 Å². The molecule has 8 heteroatoms. The van der Waals surface area contributed by atoms with Crippen LogP contribution in [-0.4, -0.2) is 28.5 Å². The van der Waals surface area contributed by atoms with E-state index in [0.29, 0.717) is 37.2 Å². The molecule has 0 aliphatic carbocycles. The first-order valence-corrected chi connectivity index (χ1v) is 11.7. The van der Waals surface area contributed by atoms with E-state index in [4.69, 9.17) is 0 Å². The fraction of sp³-hybridized carbons (Fsp3) is 0.375. The van der Waals surface area contributed by atoms with E-state index in [9.17, 15) is 9.18 Å². The Labute approximate surface area is 192 Å². The van der Waals surface area contributed by atoms with E-state index < -0.39 is 6.04 Å². The zero-order valence-corrected chi connectivity index (χ0v) is 19.5. The topological polar surface area (TPSA) is 78.9 Å². The van der Waals surface area contributed by atoms with E-state index in [-0.39, 0.29) is 11.7 Å². The van der Waals surface area contributed by atoms with Crippen LogP contribution < -0.4 is 16.0 Å². The second-order valence-electron chi connectivity index (χ2n) is 8.15. The molecule has 1 amide bonds. The van der Waals surface area contributed by atoms with Gasteiger partial charge in [-0.1, -0.05) is 32.0 Å². The summed E-state index contributed by atoms with van der Waals surface area (Å²) in [5.74, 6) is 1.16. The number of hydrogen-bond donors (Lipinski definition) is 3. The number of benzene rings is 1. The molecular weight excluding hydrogens is 425 g/mol. The van der Waals surface area contributed by atoms with Gasteiger partial charge in [0.1, 0.15) is 17.7 Å². The summed E-state index contributed by atoms with van der Waals surface area (Å²) in [5, 5.41) is 11.5. The Hall–Kier alpha value is -3.00. The number of carbonyl (C=O) groups excluding carboxylic acids is 1. The van der Waals surface area contributed by atoms with Gasteiger partial charge in [0.2, 0.25) is 11.9 Å². The van der Waals surface area contributed by atoms with Gasteiger partial charge in [-0.25, -0.2) is 9.37 Å². The van der Waals surface area contributed by atoms with Crippen molar-refractivity contribution in [3.8, 4) is 0 Å². The van der Waals surface area contributed by atoms with Crippen LogP contribution in [0.1, 0.15) is 36.4 Å². The van der Waals surface area contributed by atoms with Gasteiger partial charge in [-0.3, -0.25) is 4.79 Å². The molecule has 2 heterocycles. The third-order valence-corrected chi connectivity index (χ3v) is 5.70. The maximum absolute atomic E-state index is 13.1. The average molecular weight is 456 g/mol. The predicted molar refractivity (Wildman–Crippen MR) is 128 cm³/mol. The van der Waals surface area contributed by atoms with Crippen molar-refractivity contribution in [3.05, 3.63) is 69.8 Å². The van der Waals surface area contributed by atoms with Gasteiger partial charge in [0.15, 0.2) is 0 Å². The highest BCUT2D eigenvalue weighted by atomic mass is 32.1. The highest BCUT2D eigenvalue weighted by Crippen LogP contribution is 2.16. The van der Waals surface area contributed by atoms with E-state index in [2.05, 4.69) is 39.8 Å². The third-order valence-electron chi connectivity index (χ3n) is 4.83. The molecule has 0 aliphatic heterocycles. The quantitative estimate of drug-likeness (QED) is 0.388. The monoisotopic (exact) mass is 455 g/mol. The van der Waals surface area contributed by atoms with Gasteiger partial charge < -0.3 is 16.0 Å². The first-order chi connectivity index (χ1) is 15.4. The summed E-state index contributed by atoms with van der Waals surface area (Å²) in [5.41, 5.74) is 1.83. The number of aryl methyl sites for hydroxylation is 1. The average Bonchev–Trinajstić information content (AvgIpc) is 3.26. The highest BCUT2D eigenvalue weighted by molar-refractivity contribution is 7.09. The van der Waals surface area contributed by atoms with Crippen LogP contribution in [0.15, 0.2) is 47.8 Å². The smallest absolute Gasteiger partial charge is 0.242 e. The van der Waals surface area contributed by atoms with E-state index in [0.717, 1.165) is 22.6 Å².